The maximum absolute atomic E-state index is 13.6. The molecular weight excluding hydrogens is 402 g/mol. The van der Waals surface area contributed by atoms with Crippen molar-refractivity contribution in [1.29, 1.82) is 0 Å². The molecule has 32 heavy (non-hydrogen) atoms. The van der Waals surface area contributed by atoms with E-state index in [0.29, 0.717) is 22.3 Å². The third-order valence-corrected chi connectivity index (χ3v) is 6.12. The van der Waals surface area contributed by atoms with Crippen LogP contribution in [0.5, 0.6) is 0 Å². The molecule has 5 rings (SSSR count). The van der Waals surface area contributed by atoms with Crippen LogP contribution in [0.1, 0.15) is 65.4 Å². The fourth-order valence-electron chi connectivity index (χ4n) is 4.38. The average molecular weight is 428 g/mol. The van der Waals surface area contributed by atoms with E-state index in [1.807, 2.05) is 37.3 Å². The zero-order chi connectivity index (χ0) is 22.6. The largest absolute Gasteiger partial charge is 0.467 e. The topological polar surface area (TPSA) is 63.7 Å². The van der Waals surface area contributed by atoms with Gasteiger partial charge in [0.2, 0.25) is 5.76 Å². The highest BCUT2D eigenvalue weighted by atomic mass is 16.3. The molecule has 0 fully saturated rings. The Morgan fingerprint density at radius 2 is 1.75 bits per heavy atom. The first-order chi connectivity index (χ1) is 15.2. The summed E-state index contributed by atoms with van der Waals surface area (Å²) in [7, 11) is 0. The summed E-state index contributed by atoms with van der Waals surface area (Å²) in [5.74, 6) is 0.457. The first-order valence-electron chi connectivity index (χ1n) is 10.8. The molecular formula is C27H25NO4. The second kappa shape index (κ2) is 7.23. The predicted molar refractivity (Wildman–Crippen MR) is 123 cm³/mol. The Hall–Kier alpha value is -3.60. The molecule has 1 amide bonds. The molecule has 0 aliphatic carbocycles. The number of fused-ring (bicyclic) bond motifs is 2. The molecule has 0 saturated carbocycles. The van der Waals surface area contributed by atoms with E-state index in [2.05, 4.69) is 32.9 Å². The van der Waals surface area contributed by atoms with E-state index in [9.17, 15) is 9.59 Å². The minimum atomic E-state index is -0.544. The first kappa shape index (κ1) is 20.3. The lowest BCUT2D eigenvalue weighted by Crippen LogP contribution is -2.29. The number of amides is 1. The van der Waals surface area contributed by atoms with Crippen molar-refractivity contribution in [2.24, 2.45) is 0 Å². The fraction of sp³-hybridized carbons (Fsp3) is 0.259. The van der Waals surface area contributed by atoms with Gasteiger partial charge < -0.3 is 13.7 Å². The molecule has 1 aliphatic rings. The van der Waals surface area contributed by atoms with E-state index >= 15 is 0 Å². The molecule has 0 unspecified atom stereocenters. The van der Waals surface area contributed by atoms with Crippen molar-refractivity contribution in [1.82, 2.24) is 4.90 Å². The Balaban J connectivity index is 1.71. The summed E-state index contributed by atoms with van der Waals surface area (Å²) in [5, 5.41) is 0.493. The van der Waals surface area contributed by atoms with Crippen LogP contribution >= 0.6 is 0 Å². The molecule has 0 N–H and O–H groups in total. The summed E-state index contributed by atoms with van der Waals surface area (Å²) in [6.07, 6.45) is 1.58. The average Bonchev–Trinajstić information content (AvgIpc) is 3.36. The highest BCUT2D eigenvalue weighted by Gasteiger charge is 2.43. The second-order valence-electron chi connectivity index (χ2n) is 9.46. The van der Waals surface area contributed by atoms with Gasteiger partial charge in [0, 0.05) is 0 Å². The van der Waals surface area contributed by atoms with E-state index in [1.165, 1.54) is 5.56 Å². The number of hydrogen-bond donors (Lipinski definition) is 0. The zero-order valence-corrected chi connectivity index (χ0v) is 18.6. The summed E-state index contributed by atoms with van der Waals surface area (Å²) < 4.78 is 11.5. The fourth-order valence-corrected chi connectivity index (χ4v) is 4.38. The minimum Gasteiger partial charge on any atom is -0.467 e. The number of carbonyl (C=O) groups is 1. The lowest BCUT2D eigenvalue weighted by molar-refractivity contribution is 0.0701. The van der Waals surface area contributed by atoms with Gasteiger partial charge in [-0.3, -0.25) is 9.59 Å². The smallest absolute Gasteiger partial charge is 0.291 e. The predicted octanol–water partition coefficient (Wildman–Crippen LogP) is 5.74. The van der Waals surface area contributed by atoms with Gasteiger partial charge in [0.25, 0.3) is 5.91 Å². The van der Waals surface area contributed by atoms with Crippen LogP contribution in [0, 0.1) is 6.92 Å². The van der Waals surface area contributed by atoms with Crippen LogP contribution in [0.2, 0.25) is 0 Å². The van der Waals surface area contributed by atoms with Crippen LogP contribution in [-0.4, -0.2) is 10.8 Å². The van der Waals surface area contributed by atoms with Crippen LogP contribution < -0.4 is 5.43 Å². The van der Waals surface area contributed by atoms with Crippen molar-refractivity contribution in [2.75, 3.05) is 0 Å². The van der Waals surface area contributed by atoms with E-state index in [1.54, 1.807) is 23.3 Å². The van der Waals surface area contributed by atoms with Gasteiger partial charge in [-0.25, -0.2) is 0 Å². The van der Waals surface area contributed by atoms with Crippen LogP contribution in [0.4, 0.5) is 0 Å². The van der Waals surface area contributed by atoms with Crippen molar-refractivity contribution in [3.8, 4) is 0 Å². The monoisotopic (exact) mass is 427 g/mol. The number of aryl methyl sites for hydroxylation is 1. The summed E-state index contributed by atoms with van der Waals surface area (Å²) in [5.41, 5.74) is 3.68. The molecule has 3 heterocycles. The van der Waals surface area contributed by atoms with Gasteiger partial charge >= 0.3 is 0 Å². The van der Waals surface area contributed by atoms with Crippen molar-refractivity contribution in [3.05, 3.63) is 105 Å². The van der Waals surface area contributed by atoms with Gasteiger partial charge in [0.05, 0.1) is 29.8 Å². The quantitative estimate of drug-likeness (QED) is 0.418. The third-order valence-electron chi connectivity index (χ3n) is 6.12. The maximum Gasteiger partial charge on any atom is 0.291 e. The number of hydrogen-bond acceptors (Lipinski definition) is 4. The molecule has 5 nitrogen and oxygen atoms in total. The van der Waals surface area contributed by atoms with Gasteiger partial charge in [0.1, 0.15) is 11.3 Å². The summed E-state index contributed by atoms with van der Waals surface area (Å²) in [6, 6.07) is 16.7. The highest BCUT2D eigenvalue weighted by molar-refractivity contribution is 5.99. The van der Waals surface area contributed by atoms with Crippen LogP contribution in [0.15, 0.2) is 74.5 Å². The normalized spacial score (nSPS) is 16.1. The third kappa shape index (κ3) is 3.25. The van der Waals surface area contributed by atoms with Crippen LogP contribution in [-0.2, 0) is 12.0 Å². The lowest BCUT2D eigenvalue weighted by atomic mass is 9.86. The molecule has 0 spiro atoms. The van der Waals surface area contributed by atoms with E-state index in [-0.39, 0.29) is 29.1 Å². The van der Waals surface area contributed by atoms with Crippen molar-refractivity contribution < 1.29 is 13.6 Å². The number of rotatable bonds is 3. The summed E-state index contributed by atoms with van der Waals surface area (Å²) in [6.45, 7) is 8.65. The van der Waals surface area contributed by atoms with Gasteiger partial charge in [-0.15, -0.1) is 0 Å². The standard InChI is InChI=1S/C27H25NO4/c1-16-7-12-21-20(14-16)24(29)22-23(17-8-10-18(11-9-17)27(2,3)4)28(26(30)25(22)32-21)15-19-6-5-13-31-19/h5-14,23H,15H2,1-4H3/t23-/m1/s1. The number of benzene rings is 2. The number of carbonyl (C=O) groups excluding carboxylic acids is 1. The lowest BCUT2D eigenvalue weighted by Gasteiger charge is -2.25. The second-order valence-corrected chi connectivity index (χ2v) is 9.46. The molecule has 0 radical (unpaired) electrons. The van der Waals surface area contributed by atoms with E-state index in [4.69, 9.17) is 8.83 Å². The van der Waals surface area contributed by atoms with E-state index in [0.717, 1.165) is 11.1 Å². The summed E-state index contributed by atoms with van der Waals surface area (Å²) in [4.78, 5) is 28.7. The molecule has 4 aromatic rings. The summed E-state index contributed by atoms with van der Waals surface area (Å²) >= 11 is 0. The van der Waals surface area contributed by atoms with Gasteiger partial charge in [-0.1, -0.05) is 56.7 Å². The van der Waals surface area contributed by atoms with Crippen LogP contribution in [0.3, 0.4) is 0 Å². The SMILES string of the molecule is Cc1ccc2oc3c(c(=O)c2c1)[C@@H](c1ccc(C(C)(C)C)cc1)N(Cc1ccco1)C3=O. The Morgan fingerprint density at radius 1 is 1.00 bits per heavy atom. The first-order valence-corrected chi connectivity index (χ1v) is 10.8. The number of furan rings is 1. The van der Waals surface area contributed by atoms with Gasteiger partial charge in [0.15, 0.2) is 5.43 Å². The maximum atomic E-state index is 13.6. The molecule has 162 valence electrons. The molecule has 5 heteroatoms. The molecule has 1 aliphatic heterocycles. The molecule has 0 saturated heterocycles. The molecule has 1 atom stereocenters. The molecule has 2 aromatic carbocycles. The van der Waals surface area contributed by atoms with E-state index < -0.39 is 6.04 Å². The van der Waals surface area contributed by atoms with Crippen molar-refractivity contribution in [3.63, 3.8) is 0 Å². The van der Waals surface area contributed by atoms with Crippen molar-refractivity contribution in [2.45, 2.75) is 45.7 Å². The Morgan fingerprint density at radius 3 is 2.41 bits per heavy atom. The molecule has 0 bridgehead atoms. The van der Waals surface area contributed by atoms with Crippen molar-refractivity contribution >= 4 is 16.9 Å². The Bertz CT molecular complexity index is 1370. The zero-order valence-electron chi connectivity index (χ0n) is 18.6. The molecule has 2 aromatic heterocycles. The van der Waals surface area contributed by atoms with Gasteiger partial charge in [-0.2, -0.15) is 0 Å². The highest BCUT2D eigenvalue weighted by Crippen LogP contribution is 2.39. The Labute approximate surface area is 186 Å². The van der Waals surface area contributed by atoms with Gasteiger partial charge in [-0.05, 0) is 47.7 Å². The minimum absolute atomic E-state index is 0.00253. The Kier molecular flexibility index (Phi) is 4.59. The van der Waals surface area contributed by atoms with Crippen LogP contribution in [0.25, 0.3) is 11.0 Å². The number of nitrogens with zero attached hydrogens (tertiary/aromatic N) is 1.